The predicted octanol–water partition coefficient (Wildman–Crippen LogP) is 5.46. The van der Waals surface area contributed by atoms with E-state index in [9.17, 15) is 14.7 Å². The van der Waals surface area contributed by atoms with Gasteiger partial charge in [-0.2, -0.15) is 0 Å². The fourth-order valence-electron chi connectivity index (χ4n) is 4.22. The minimum absolute atomic E-state index is 0.120. The molecule has 32 heavy (non-hydrogen) atoms. The molecule has 1 aliphatic heterocycles. The van der Waals surface area contributed by atoms with E-state index in [-0.39, 0.29) is 11.3 Å². The highest BCUT2D eigenvalue weighted by Gasteiger charge is 2.45. The number of aliphatic hydroxyl groups excluding tert-OH is 1. The summed E-state index contributed by atoms with van der Waals surface area (Å²) < 4.78 is 5.64. The zero-order valence-electron chi connectivity index (χ0n) is 18.4. The van der Waals surface area contributed by atoms with Crippen LogP contribution in [-0.2, 0) is 9.59 Å². The molecule has 0 radical (unpaired) electrons. The summed E-state index contributed by atoms with van der Waals surface area (Å²) in [6.07, 6.45) is 1.66. The number of unbranched alkanes of at least 4 members (excludes halogenated alkanes) is 1. The first kappa shape index (κ1) is 21.6. The van der Waals surface area contributed by atoms with Crippen molar-refractivity contribution in [3.8, 4) is 5.75 Å². The van der Waals surface area contributed by atoms with Crippen LogP contribution < -0.4 is 4.74 Å². The molecule has 4 rings (SSSR count). The van der Waals surface area contributed by atoms with Gasteiger partial charge in [0.05, 0.1) is 18.2 Å². The Bertz CT molecular complexity index is 1200. The van der Waals surface area contributed by atoms with Crippen LogP contribution in [0.3, 0.4) is 0 Å². The average molecular weight is 430 g/mol. The van der Waals surface area contributed by atoms with Gasteiger partial charge in [0, 0.05) is 12.1 Å². The van der Waals surface area contributed by atoms with Gasteiger partial charge in [-0.05, 0) is 47.9 Å². The third kappa shape index (κ3) is 3.98. The lowest BCUT2D eigenvalue weighted by Crippen LogP contribution is -2.30. The first-order valence-electron chi connectivity index (χ1n) is 11.1. The zero-order chi connectivity index (χ0) is 22.7. The van der Waals surface area contributed by atoms with E-state index in [1.807, 2.05) is 74.5 Å². The molecule has 1 heterocycles. The van der Waals surface area contributed by atoms with Gasteiger partial charge in [0.15, 0.2) is 0 Å². The van der Waals surface area contributed by atoms with E-state index in [0.29, 0.717) is 24.5 Å². The van der Waals surface area contributed by atoms with Gasteiger partial charge in [0.1, 0.15) is 11.5 Å². The number of rotatable bonds is 7. The van der Waals surface area contributed by atoms with E-state index >= 15 is 0 Å². The molecule has 164 valence electrons. The summed E-state index contributed by atoms with van der Waals surface area (Å²) in [6.45, 7) is 4.89. The Morgan fingerprint density at radius 2 is 1.75 bits per heavy atom. The van der Waals surface area contributed by atoms with Crippen LogP contribution in [0.5, 0.6) is 5.75 Å². The molecule has 1 unspecified atom stereocenters. The Hall–Kier alpha value is -3.60. The van der Waals surface area contributed by atoms with Crippen LogP contribution in [0.15, 0.2) is 72.3 Å². The lowest BCUT2D eigenvalue weighted by molar-refractivity contribution is -0.139. The van der Waals surface area contributed by atoms with Crippen LogP contribution in [0.2, 0.25) is 0 Å². The highest BCUT2D eigenvalue weighted by Crippen LogP contribution is 2.40. The molecular formula is C27H27NO4. The monoisotopic (exact) mass is 429 g/mol. The molecule has 0 spiro atoms. The number of hydrogen-bond donors (Lipinski definition) is 1. The lowest BCUT2D eigenvalue weighted by atomic mass is 9.94. The molecule has 1 atom stereocenters. The quantitative estimate of drug-likeness (QED) is 0.308. The molecule has 0 saturated carbocycles. The maximum absolute atomic E-state index is 13.1. The van der Waals surface area contributed by atoms with Gasteiger partial charge in [0.2, 0.25) is 0 Å². The largest absolute Gasteiger partial charge is 0.507 e. The fourth-order valence-corrected chi connectivity index (χ4v) is 4.22. The Labute approximate surface area is 187 Å². The van der Waals surface area contributed by atoms with Gasteiger partial charge in [0.25, 0.3) is 11.7 Å². The fraction of sp³-hybridized carbons (Fsp3) is 0.259. The Kier molecular flexibility index (Phi) is 6.26. The zero-order valence-corrected chi connectivity index (χ0v) is 18.4. The van der Waals surface area contributed by atoms with Crippen LogP contribution in [0.25, 0.3) is 16.5 Å². The van der Waals surface area contributed by atoms with E-state index in [2.05, 4.69) is 0 Å². The Morgan fingerprint density at radius 3 is 2.50 bits per heavy atom. The number of nitrogens with zero attached hydrogens (tertiary/aromatic N) is 1. The number of fused-ring (bicyclic) bond motifs is 1. The summed E-state index contributed by atoms with van der Waals surface area (Å²) in [7, 11) is 0. The second-order valence-electron chi connectivity index (χ2n) is 7.91. The van der Waals surface area contributed by atoms with Crippen LogP contribution in [0, 0.1) is 0 Å². The molecule has 1 amide bonds. The number of ether oxygens (including phenoxy) is 1. The highest BCUT2D eigenvalue weighted by atomic mass is 16.5. The summed E-state index contributed by atoms with van der Waals surface area (Å²) in [6, 6.07) is 20.1. The summed E-state index contributed by atoms with van der Waals surface area (Å²) in [4.78, 5) is 27.6. The molecule has 3 aromatic rings. The minimum atomic E-state index is -0.659. The van der Waals surface area contributed by atoms with E-state index in [1.54, 1.807) is 11.0 Å². The van der Waals surface area contributed by atoms with Crippen LogP contribution in [-0.4, -0.2) is 34.8 Å². The molecule has 1 saturated heterocycles. The van der Waals surface area contributed by atoms with E-state index < -0.39 is 17.7 Å². The Balaban J connectivity index is 1.87. The highest BCUT2D eigenvalue weighted by molar-refractivity contribution is 6.46. The van der Waals surface area contributed by atoms with Crippen molar-refractivity contribution in [2.75, 3.05) is 13.2 Å². The minimum Gasteiger partial charge on any atom is -0.507 e. The van der Waals surface area contributed by atoms with Crippen molar-refractivity contribution < 1.29 is 19.4 Å². The number of hydrogen-bond acceptors (Lipinski definition) is 4. The third-order valence-corrected chi connectivity index (χ3v) is 5.80. The second kappa shape index (κ2) is 9.27. The van der Waals surface area contributed by atoms with Crippen molar-refractivity contribution in [3.63, 3.8) is 0 Å². The second-order valence-corrected chi connectivity index (χ2v) is 7.91. The smallest absolute Gasteiger partial charge is 0.295 e. The van der Waals surface area contributed by atoms with Crippen molar-refractivity contribution in [1.82, 2.24) is 4.90 Å². The SMILES string of the molecule is CCCCN1C(=O)C(=O)/C(=C(\O)c2ccc3ccccc3c2)C1c1cccc(OCC)c1. The normalized spacial score (nSPS) is 17.8. The average Bonchev–Trinajstić information content (AvgIpc) is 3.07. The van der Waals surface area contributed by atoms with Crippen LogP contribution >= 0.6 is 0 Å². The molecule has 1 N–H and O–H groups in total. The molecule has 0 aliphatic carbocycles. The van der Waals surface area contributed by atoms with Crippen molar-refractivity contribution in [2.45, 2.75) is 32.7 Å². The number of ketones is 1. The van der Waals surface area contributed by atoms with Crippen molar-refractivity contribution in [2.24, 2.45) is 0 Å². The number of amides is 1. The van der Waals surface area contributed by atoms with Crippen molar-refractivity contribution in [3.05, 3.63) is 83.4 Å². The van der Waals surface area contributed by atoms with Crippen molar-refractivity contribution >= 4 is 28.2 Å². The summed E-state index contributed by atoms with van der Waals surface area (Å²) in [5.74, 6) is -0.720. The summed E-state index contributed by atoms with van der Waals surface area (Å²) >= 11 is 0. The topological polar surface area (TPSA) is 66.8 Å². The third-order valence-electron chi connectivity index (χ3n) is 5.80. The van der Waals surface area contributed by atoms with E-state index in [0.717, 1.165) is 29.2 Å². The molecular weight excluding hydrogens is 402 g/mol. The lowest BCUT2D eigenvalue weighted by Gasteiger charge is -2.25. The number of Topliss-reactive ketones (excluding diaryl/α,β-unsaturated/α-hetero) is 1. The van der Waals surface area contributed by atoms with Gasteiger partial charge >= 0.3 is 0 Å². The van der Waals surface area contributed by atoms with Gasteiger partial charge in [-0.15, -0.1) is 0 Å². The van der Waals surface area contributed by atoms with Gasteiger partial charge in [-0.25, -0.2) is 0 Å². The molecule has 3 aromatic carbocycles. The van der Waals surface area contributed by atoms with E-state index in [1.165, 1.54) is 0 Å². The number of carbonyl (C=O) groups excluding carboxylic acids is 2. The number of likely N-dealkylation sites (tertiary alicyclic amines) is 1. The maximum atomic E-state index is 13.1. The maximum Gasteiger partial charge on any atom is 0.295 e. The summed E-state index contributed by atoms with van der Waals surface area (Å²) in [5.41, 5.74) is 1.38. The van der Waals surface area contributed by atoms with Gasteiger partial charge < -0.3 is 14.7 Å². The molecule has 0 aromatic heterocycles. The number of benzene rings is 3. The number of aliphatic hydroxyl groups is 1. The molecule has 0 bridgehead atoms. The van der Waals surface area contributed by atoms with Crippen LogP contribution in [0.4, 0.5) is 0 Å². The van der Waals surface area contributed by atoms with Gasteiger partial charge in [-0.3, -0.25) is 9.59 Å². The van der Waals surface area contributed by atoms with Crippen LogP contribution in [0.1, 0.15) is 43.9 Å². The van der Waals surface area contributed by atoms with Crippen molar-refractivity contribution in [1.29, 1.82) is 0 Å². The standard InChI is InChI=1S/C27H27NO4/c1-3-5-15-28-24(20-11-8-12-22(17-20)32-4-2)23(26(30)27(28)31)25(29)21-14-13-18-9-6-7-10-19(18)16-21/h6-14,16-17,24,29H,3-5,15H2,1-2H3/b25-23-. The molecule has 1 aliphatic rings. The number of carbonyl (C=O) groups is 2. The summed E-state index contributed by atoms with van der Waals surface area (Å²) in [5, 5.41) is 13.3. The Morgan fingerprint density at radius 1 is 0.969 bits per heavy atom. The predicted molar refractivity (Wildman–Crippen MR) is 125 cm³/mol. The first-order valence-corrected chi connectivity index (χ1v) is 11.1. The van der Waals surface area contributed by atoms with E-state index in [4.69, 9.17) is 4.74 Å². The molecule has 5 heteroatoms. The molecule has 1 fully saturated rings. The van der Waals surface area contributed by atoms with Gasteiger partial charge in [-0.1, -0.05) is 61.9 Å². The molecule has 5 nitrogen and oxygen atoms in total. The first-order chi connectivity index (χ1) is 15.5.